The van der Waals surface area contributed by atoms with Gasteiger partial charge in [-0.3, -0.25) is 14.4 Å². The fraction of sp³-hybridized carbons (Fsp3) is 0.0800. The second-order valence-corrected chi connectivity index (χ2v) is 7.15. The topological polar surface area (TPSA) is 89.3 Å². The van der Waals surface area contributed by atoms with E-state index in [-0.39, 0.29) is 11.7 Å². The van der Waals surface area contributed by atoms with Crippen LogP contribution in [0, 0.1) is 0 Å². The highest BCUT2D eigenvalue weighted by molar-refractivity contribution is 6.24. The molecule has 0 fully saturated rings. The quantitative estimate of drug-likeness (QED) is 0.641. The lowest BCUT2D eigenvalue weighted by molar-refractivity contribution is -0.118. The first kappa shape index (κ1) is 19.3. The summed E-state index contributed by atoms with van der Waals surface area (Å²) in [6.07, 6.45) is 3.60. The number of nitrogens with one attached hydrogen (secondary N) is 1. The smallest absolute Gasteiger partial charge is 0.239 e. The van der Waals surface area contributed by atoms with Crippen LogP contribution in [-0.4, -0.2) is 17.6 Å². The van der Waals surface area contributed by atoms with E-state index in [4.69, 9.17) is 5.73 Å². The number of rotatable bonds is 5. The van der Waals surface area contributed by atoms with Crippen LogP contribution in [0.2, 0.25) is 0 Å². The molecule has 0 aliphatic carbocycles. The number of benzene rings is 3. The number of fused-ring (bicyclic) bond motifs is 1. The van der Waals surface area contributed by atoms with Crippen LogP contribution in [0.1, 0.15) is 38.9 Å². The minimum atomic E-state index is -0.916. The van der Waals surface area contributed by atoms with Crippen molar-refractivity contribution in [3.63, 3.8) is 0 Å². The molecule has 0 saturated heterocycles. The highest BCUT2D eigenvalue weighted by Crippen LogP contribution is 2.32. The Bertz CT molecular complexity index is 1130. The van der Waals surface area contributed by atoms with Crippen molar-refractivity contribution in [2.24, 2.45) is 5.73 Å². The van der Waals surface area contributed by atoms with Gasteiger partial charge in [0.2, 0.25) is 11.8 Å². The van der Waals surface area contributed by atoms with Gasteiger partial charge in [-0.2, -0.15) is 0 Å². The lowest BCUT2D eigenvalue weighted by Gasteiger charge is -2.24. The standard InChI is InChI=1S/C25H20N2O3/c26-24(29)19(15-10-16-6-2-1-3-7-16)17-11-13-18(14-12-17)22-23(28)20-8-4-5-9-21(20)27-25(22)30/h1-15,19,22H,(H2,26,29)(H,27,30). The zero-order valence-electron chi connectivity index (χ0n) is 16.1. The molecule has 0 radical (unpaired) electrons. The Labute approximate surface area is 174 Å². The Morgan fingerprint density at radius 1 is 0.900 bits per heavy atom. The molecule has 0 saturated carbocycles. The van der Waals surface area contributed by atoms with E-state index in [1.54, 1.807) is 54.6 Å². The predicted octanol–water partition coefficient (Wildman–Crippen LogP) is 3.89. The fourth-order valence-electron chi connectivity index (χ4n) is 3.63. The third-order valence-corrected chi connectivity index (χ3v) is 5.19. The maximum Gasteiger partial charge on any atom is 0.239 e. The van der Waals surface area contributed by atoms with Gasteiger partial charge in [0.05, 0.1) is 11.6 Å². The number of Topliss-reactive ketones (excluding diaryl/α,β-unsaturated/α-hetero) is 1. The molecule has 2 unspecified atom stereocenters. The molecule has 4 rings (SSSR count). The number of carbonyl (C=O) groups is 3. The molecule has 148 valence electrons. The fourth-order valence-corrected chi connectivity index (χ4v) is 3.63. The monoisotopic (exact) mass is 396 g/mol. The van der Waals surface area contributed by atoms with Gasteiger partial charge in [-0.15, -0.1) is 0 Å². The number of anilines is 1. The van der Waals surface area contributed by atoms with Crippen molar-refractivity contribution in [2.45, 2.75) is 11.8 Å². The summed E-state index contributed by atoms with van der Waals surface area (Å²) >= 11 is 0. The molecule has 3 aromatic carbocycles. The third-order valence-electron chi connectivity index (χ3n) is 5.19. The van der Waals surface area contributed by atoms with E-state index in [0.717, 1.165) is 5.56 Å². The summed E-state index contributed by atoms with van der Waals surface area (Å²) in [7, 11) is 0. The molecular formula is C25H20N2O3. The molecule has 2 atom stereocenters. The van der Waals surface area contributed by atoms with E-state index in [2.05, 4.69) is 5.32 Å². The SMILES string of the molecule is NC(=O)C(C=Cc1ccccc1)c1ccc(C2C(=O)Nc3ccccc3C2=O)cc1. The summed E-state index contributed by atoms with van der Waals surface area (Å²) in [6.45, 7) is 0. The van der Waals surface area contributed by atoms with Crippen LogP contribution in [-0.2, 0) is 9.59 Å². The molecule has 5 heteroatoms. The van der Waals surface area contributed by atoms with Gasteiger partial charge in [-0.25, -0.2) is 0 Å². The van der Waals surface area contributed by atoms with Gasteiger partial charge in [0.1, 0.15) is 5.92 Å². The molecule has 1 heterocycles. The maximum atomic E-state index is 12.9. The van der Waals surface area contributed by atoms with Crippen LogP contribution in [0.25, 0.3) is 6.08 Å². The molecule has 5 nitrogen and oxygen atoms in total. The Morgan fingerprint density at radius 3 is 2.27 bits per heavy atom. The number of para-hydroxylation sites is 1. The van der Waals surface area contributed by atoms with Crippen molar-refractivity contribution in [1.29, 1.82) is 0 Å². The first-order chi connectivity index (χ1) is 14.5. The highest BCUT2D eigenvalue weighted by Gasteiger charge is 2.35. The van der Waals surface area contributed by atoms with Crippen LogP contribution < -0.4 is 11.1 Å². The van der Waals surface area contributed by atoms with Crippen LogP contribution >= 0.6 is 0 Å². The Kier molecular flexibility index (Phi) is 5.26. The zero-order chi connectivity index (χ0) is 21.1. The summed E-state index contributed by atoms with van der Waals surface area (Å²) in [6, 6.07) is 23.5. The number of primary amides is 1. The van der Waals surface area contributed by atoms with Gasteiger partial charge in [0, 0.05) is 5.56 Å². The largest absolute Gasteiger partial charge is 0.369 e. The Balaban J connectivity index is 1.60. The normalized spacial score (nSPS) is 16.7. The number of hydrogen-bond donors (Lipinski definition) is 2. The van der Waals surface area contributed by atoms with Crippen LogP contribution in [0.4, 0.5) is 5.69 Å². The first-order valence-corrected chi connectivity index (χ1v) is 9.61. The summed E-state index contributed by atoms with van der Waals surface area (Å²) < 4.78 is 0. The van der Waals surface area contributed by atoms with Crippen molar-refractivity contribution in [2.75, 3.05) is 5.32 Å². The van der Waals surface area contributed by atoms with E-state index in [1.807, 2.05) is 36.4 Å². The van der Waals surface area contributed by atoms with Crippen LogP contribution in [0.15, 0.2) is 84.9 Å². The molecule has 0 spiro atoms. The highest BCUT2D eigenvalue weighted by atomic mass is 16.2. The van der Waals surface area contributed by atoms with Gasteiger partial charge in [0.15, 0.2) is 5.78 Å². The lowest BCUT2D eigenvalue weighted by atomic mass is 9.85. The molecule has 2 amide bonds. The van der Waals surface area contributed by atoms with Gasteiger partial charge in [0.25, 0.3) is 0 Å². The molecule has 1 aliphatic rings. The van der Waals surface area contributed by atoms with E-state index in [0.29, 0.717) is 22.4 Å². The second-order valence-electron chi connectivity index (χ2n) is 7.15. The average Bonchev–Trinajstić information content (AvgIpc) is 2.75. The number of carbonyl (C=O) groups excluding carboxylic acids is 3. The van der Waals surface area contributed by atoms with Gasteiger partial charge >= 0.3 is 0 Å². The first-order valence-electron chi connectivity index (χ1n) is 9.61. The number of hydrogen-bond acceptors (Lipinski definition) is 3. The van der Waals surface area contributed by atoms with Crippen molar-refractivity contribution >= 4 is 29.4 Å². The average molecular weight is 396 g/mol. The van der Waals surface area contributed by atoms with Crippen molar-refractivity contribution in [3.8, 4) is 0 Å². The van der Waals surface area contributed by atoms with Gasteiger partial charge in [-0.1, -0.05) is 78.9 Å². The summed E-state index contributed by atoms with van der Waals surface area (Å²) in [4.78, 5) is 37.4. The minimum absolute atomic E-state index is 0.238. The second kappa shape index (κ2) is 8.17. The number of nitrogens with two attached hydrogens (primary N) is 1. The number of ketones is 1. The van der Waals surface area contributed by atoms with Gasteiger partial charge < -0.3 is 11.1 Å². The van der Waals surface area contributed by atoms with E-state index in [1.165, 1.54) is 0 Å². The zero-order valence-corrected chi connectivity index (χ0v) is 16.1. The van der Waals surface area contributed by atoms with Gasteiger partial charge in [-0.05, 0) is 28.8 Å². The molecule has 3 N–H and O–H groups in total. The Morgan fingerprint density at radius 2 is 1.57 bits per heavy atom. The van der Waals surface area contributed by atoms with Crippen molar-refractivity contribution in [3.05, 3.63) is 107 Å². The van der Waals surface area contributed by atoms with E-state index in [9.17, 15) is 14.4 Å². The third kappa shape index (κ3) is 3.78. The minimum Gasteiger partial charge on any atom is -0.369 e. The molecule has 3 aromatic rings. The van der Waals surface area contributed by atoms with Crippen LogP contribution in [0.3, 0.4) is 0 Å². The Hall–Kier alpha value is -3.99. The predicted molar refractivity (Wildman–Crippen MR) is 116 cm³/mol. The molecule has 0 aromatic heterocycles. The van der Waals surface area contributed by atoms with E-state index >= 15 is 0 Å². The lowest BCUT2D eigenvalue weighted by Crippen LogP contribution is -2.33. The van der Waals surface area contributed by atoms with Crippen molar-refractivity contribution in [1.82, 2.24) is 0 Å². The summed E-state index contributed by atoms with van der Waals surface area (Å²) in [5, 5.41) is 2.79. The maximum absolute atomic E-state index is 12.9. The molecular weight excluding hydrogens is 376 g/mol. The molecule has 1 aliphatic heterocycles. The summed E-state index contributed by atoms with van der Waals surface area (Å²) in [5.74, 6) is -2.61. The number of amides is 2. The van der Waals surface area contributed by atoms with E-state index < -0.39 is 17.7 Å². The van der Waals surface area contributed by atoms with Crippen LogP contribution in [0.5, 0.6) is 0 Å². The molecule has 0 bridgehead atoms. The molecule has 30 heavy (non-hydrogen) atoms. The summed E-state index contributed by atoms with van der Waals surface area (Å²) in [5.41, 5.74) is 8.86. The van der Waals surface area contributed by atoms with Crippen molar-refractivity contribution < 1.29 is 14.4 Å².